The SMILES string of the molecule is C=C(CC)C(=O)c1ccc(OCC(=O)O[C@@H](C)C=O)c(Cl)c1Cl. The summed E-state index contributed by atoms with van der Waals surface area (Å²) in [6, 6.07) is 2.88. The van der Waals surface area contributed by atoms with Crippen molar-refractivity contribution in [3.63, 3.8) is 0 Å². The number of rotatable bonds is 8. The van der Waals surface area contributed by atoms with Crippen molar-refractivity contribution in [3.8, 4) is 5.75 Å². The Labute approximate surface area is 144 Å². The standard InChI is InChI=1S/C16H16Cl2O5/c1-4-9(2)16(21)11-5-6-12(15(18)14(11)17)22-8-13(20)23-10(3)7-19/h5-7,10H,2,4,8H2,1,3H3/t10-/m0/s1. The van der Waals surface area contributed by atoms with Crippen LogP contribution in [0.3, 0.4) is 0 Å². The van der Waals surface area contributed by atoms with Crippen molar-refractivity contribution in [1.82, 2.24) is 0 Å². The van der Waals surface area contributed by atoms with Crippen LogP contribution >= 0.6 is 23.2 Å². The lowest BCUT2D eigenvalue weighted by molar-refractivity contribution is -0.152. The van der Waals surface area contributed by atoms with E-state index < -0.39 is 18.7 Å². The molecule has 23 heavy (non-hydrogen) atoms. The number of ketones is 1. The summed E-state index contributed by atoms with van der Waals surface area (Å²) in [6.45, 7) is 6.46. The van der Waals surface area contributed by atoms with Gasteiger partial charge in [-0.3, -0.25) is 9.59 Å². The largest absolute Gasteiger partial charge is 0.480 e. The Morgan fingerprint density at radius 1 is 1.30 bits per heavy atom. The Morgan fingerprint density at radius 3 is 2.52 bits per heavy atom. The molecule has 1 aromatic rings. The second kappa shape index (κ2) is 8.70. The molecule has 0 radical (unpaired) electrons. The number of halogens is 2. The number of benzene rings is 1. The van der Waals surface area contributed by atoms with Crippen LogP contribution in [0.4, 0.5) is 0 Å². The summed E-state index contributed by atoms with van der Waals surface area (Å²) in [7, 11) is 0. The Kier molecular flexibility index (Phi) is 7.26. The fourth-order valence-corrected chi connectivity index (χ4v) is 2.04. The zero-order valence-electron chi connectivity index (χ0n) is 12.7. The molecule has 0 saturated carbocycles. The van der Waals surface area contributed by atoms with Crippen molar-refractivity contribution in [2.24, 2.45) is 0 Å². The van der Waals surface area contributed by atoms with Gasteiger partial charge in [-0.2, -0.15) is 0 Å². The summed E-state index contributed by atoms with van der Waals surface area (Å²) in [5, 5.41) is 0.0380. The first-order valence-electron chi connectivity index (χ1n) is 6.79. The summed E-state index contributed by atoms with van der Waals surface area (Å²) < 4.78 is 9.93. The van der Waals surface area contributed by atoms with E-state index in [1.54, 1.807) is 6.92 Å². The number of ether oxygens (including phenoxy) is 2. The minimum Gasteiger partial charge on any atom is -0.480 e. The molecule has 5 nitrogen and oxygen atoms in total. The van der Waals surface area contributed by atoms with E-state index in [-0.39, 0.29) is 27.1 Å². The number of allylic oxidation sites excluding steroid dienone is 1. The number of Topliss-reactive ketones (excluding diaryl/α,β-unsaturated/α-hetero) is 1. The number of carbonyl (C=O) groups is 3. The van der Waals surface area contributed by atoms with Crippen molar-refractivity contribution in [1.29, 1.82) is 0 Å². The number of hydrogen-bond donors (Lipinski definition) is 0. The summed E-state index contributed by atoms with van der Waals surface area (Å²) in [5.74, 6) is -0.896. The minimum absolute atomic E-state index is 0.0117. The topological polar surface area (TPSA) is 69.7 Å². The van der Waals surface area contributed by atoms with Crippen LogP contribution in [0.15, 0.2) is 24.3 Å². The Balaban J connectivity index is 2.85. The maximum atomic E-state index is 12.1. The molecule has 0 bridgehead atoms. The molecule has 0 spiro atoms. The van der Waals surface area contributed by atoms with Crippen LogP contribution in [-0.2, 0) is 14.3 Å². The van der Waals surface area contributed by atoms with E-state index in [4.69, 9.17) is 32.7 Å². The van der Waals surface area contributed by atoms with Gasteiger partial charge < -0.3 is 9.47 Å². The monoisotopic (exact) mass is 358 g/mol. The molecule has 124 valence electrons. The van der Waals surface area contributed by atoms with Gasteiger partial charge in [-0.05, 0) is 31.1 Å². The van der Waals surface area contributed by atoms with E-state index in [9.17, 15) is 14.4 Å². The third kappa shape index (κ3) is 5.08. The average Bonchev–Trinajstić information content (AvgIpc) is 2.54. The van der Waals surface area contributed by atoms with Gasteiger partial charge in [0.2, 0.25) is 0 Å². The predicted molar refractivity (Wildman–Crippen MR) is 87.3 cm³/mol. The van der Waals surface area contributed by atoms with E-state index in [0.717, 1.165) is 0 Å². The molecular formula is C16H16Cl2O5. The first-order chi connectivity index (χ1) is 10.8. The van der Waals surface area contributed by atoms with Gasteiger partial charge >= 0.3 is 5.97 Å². The Morgan fingerprint density at radius 2 is 1.96 bits per heavy atom. The van der Waals surface area contributed by atoms with Crippen LogP contribution in [0.5, 0.6) is 5.75 Å². The second-order valence-corrected chi connectivity index (χ2v) is 5.40. The molecule has 0 fully saturated rings. The number of hydrogen-bond acceptors (Lipinski definition) is 5. The van der Waals surface area contributed by atoms with Gasteiger partial charge in [0.15, 0.2) is 24.8 Å². The van der Waals surface area contributed by atoms with E-state index >= 15 is 0 Å². The molecule has 1 atom stereocenters. The highest BCUT2D eigenvalue weighted by atomic mass is 35.5. The van der Waals surface area contributed by atoms with Gasteiger partial charge in [-0.25, -0.2) is 4.79 Å². The van der Waals surface area contributed by atoms with E-state index in [1.807, 2.05) is 0 Å². The van der Waals surface area contributed by atoms with Gasteiger partial charge in [0, 0.05) is 5.56 Å². The molecule has 1 aromatic carbocycles. The lowest BCUT2D eigenvalue weighted by atomic mass is 10.0. The first kappa shape index (κ1) is 19.2. The fraction of sp³-hybridized carbons (Fsp3) is 0.312. The minimum atomic E-state index is -0.856. The van der Waals surface area contributed by atoms with Crippen LogP contribution in [0.1, 0.15) is 30.6 Å². The lowest BCUT2D eigenvalue weighted by Gasteiger charge is -2.12. The van der Waals surface area contributed by atoms with Crippen LogP contribution in [0.2, 0.25) is 10.0 Å². The van der Waals surface area contributed by atoms with Crippen molar-refractivity contribution in [3.05, 3.63) is 39.9 Å². The normalized spacial score (nSPS) is 11.5. The molecule has 0 aromatic heterocycles. The summed E-state index contributed by atoms with van der Waals surface area (Å²) in [4.78, 5) is 33.9. The lowest BCUT2D eigenvalue weighted by Crippen LogP contribution is -2.21. The highest BCUT2D eigenvalue weighted by molar-refractivity contribution is 6.45. The van der Waals surface area contributed by atoms with Crippen molar-refractivity contribution >= 4 is 41.2 Å². The molecule has 0 N–H and O–H groups in total. The average molecular weight is 359 g/mol. The number of aldehydes is 1. The van der Waals surface area contributed by atoms with Gasteiger partial charge in [-0.1, -0.05) is 36.7 Å². The summed E-state index contributed by atoms with van der Waals surface area (Å²) >= 11 is 12.1. The van der Waals surface area contributed by atoms with Crippen molar-refractivity contribution < 1.29 is 23.9 Å². The van der Waals surface area contributed by atoms with Crippen LogP contribution in [0.25, 0.3) is 0 Å². The van der Waals surface area contributed by atoms with Crippen LogP contribution < -0.4 is 4.74 Å². The summed E-state index contributed by atoms with van der Waals surface area (Å²) in [5.41, 5.74) is 0.621. The highest BCUT2D eigenvalue weighted by Crippen LogP contribution is 2.35. The fourth-order valence-electron chi connectivity index (χ4n) is 1.58. The number of esters is 1. The highest BCUT2D eigenvalue weighted by Gasteiger charge is 2.19. The number of carbonyl (C=O) groups excluding carboxylic acids is 3. The van der Waals surface area contributed by atoms with Gasteiger partial charge in [0.25, 0.3) is 0 Å². The maximum absolute atomic E-state index is 12.1. The van der Waals surface area contributed by atoms with Crippen molar-refractivity contribution in [2.45, 2.75) is 26.4 Å². The summed E-state index contributed by atoms with van der Waals surface area (Å²) in [6.07, 6.45) is 0.124. The van der Waals surface area contributed by atoms with E-state index in [2.05, 4.69) is 6.58 Å². The third-order valence-electron chi connectivity index (χ3n) is 2.89. The third-order valence-corrected chi connectivity index (χ3v) is 3.76. The molecule has 0 aliphatic carbocycles. The molecule has 7 heteroatoms. The van der Waals surface area contributed by atoms with E-state index in [0.29, 0.717) is 18.3 Å². The zero-order valence-corrected chi connectivity index (χ0v) is 14.2. The molecule has 0 heterocycles. The van der Waals surface area contributed by atoms with Gasteiger partial charge in [0.05, 0.1) is 5.02 Å². The molecule has 1 rings (SSSR count). The quantitative estimate of drug-likeness (QED) is 0.307. The van der Waals surface area contributed by atoms with Crippen LogP contribution in [0, 0.1) is 0 Å². The zero-order chi connectivity index (χ0) is 17.6. The predicted octanol–water partition coefficient (Wildman–Crippen LogP) is 3.65. The molecule has 0 aliphatic heterocycles. The van der Waals surface area contributed by atoms with E-state index in [1.165, 1.54) is 19.1 Å². The first-order valence-corrected chi connectivity index (χ1v) is 7.55. The smallest absolute Gasteiger partial charge is 0.344 e. The van der Waals surface area contributed by atoms with Gasteiger partial charge in [-0.15, -0.1) is 0 Å². The van der Waals surface area contributed by atoms with Crippen molar-refractivity contribution in [2.75, 3.05) is 6.61 Å². The Hall–Kier alpha value is -1.85. The Bertz CT molecular complexity index is 640. The molecule has 0 unspecified atom stereocenters. The maximum Gasteiger partial charge on any atom is 0.344 e. The molecule has 0 amide bonds. The molecular weight excluding hydrogens is 343 g/mol. The van der Waals surface area contributed by atoms with Gasteiger partial charge in [0.1, 0.15) is 10.8 Å². The molecule has 0 aliphatic rings. The molecule has 0 saturated heterocycles. The van der Waals surface area contributed by atoms with Crippen LogP contribution in [-0.4, -0.2) is 30.7 Å². The second-order valence-electron chi connectivity index (χ2n) is 4.65.